The summed E-state index contributed by atoms with van der Waals surface area (Å²) in [5.74, 6) is 2.24. The van der Waals surface area contributed by atoms with E-state index in [0.717, 1.165) is 23.0 Å². The average molecular weight is 334 g/mol. The number of hydrogen-bond acceptors (Lipinski definition) is 6. The van der Waals surface area contributed by atoms with E-state index in [9.17, 15) is 0 Å². The van der Waals surface area contributed by atoms with Gasteiger partial charge >= 0.3 is 0 Å². The highest BCUT2D eigenvalue weighted by atomic mass is 32.2. The minimum atomic E-state index is 0.0729. The number of hydrogen-bond donors (Lipinski definition) is 0. The zero-order valence-electron chi connectivity index (χ0n) is 14.1. The lowest BCUT2D eigenvalue weighted by atomic mass is 10.2. The Hall–Kier alpha value is -2.02. The molecule has 0 aliphatic carbocycles. The molecule has 2 rings (SSSR count). The molecule has 124 valence electrons. The first-order valence-electron chi connectivity index (χ1n) is 7.46. The van der Waals surface area contributed by atoms with Crippen LogP contribution in [0.2, 0.25) is 0 Å². The molecular weight excluding hydrogens is 312 g/mol. The maximum Gasteiger partial charge on any atom is 0.211 e. The van der Waals surface area contributed by atoms with Crippen LogP contribution >= 0.6 is 11.8 Å². The minimum absolute atomic E-state index is 0.0729. The van der Waals surface area contributed by atoms with E-state index < -0.39 is 0 Å². The number of benzene rings is 1. The fraction of sp³-hybridized carbons (Fsp3) is 0.438. The van der Waals surface area contributed by atoms with Gasteiger partial charge in [0, 0.05) is 6.42 Å². The highest BCUT2D eigenvalue weighted by Gasteiger charge is 2.09. The second-order valence-corrected chi connectivity index (χ2v) is 5.86. The largest absolute Gasteiger partial charge is 0.493 e. The molecule has 0 spiro atoms. The molecular formula is C16H22N4O2S. The Labute approximate surface area is 140 Å². The third-order valence-corrected chi connectivity index (χ3v) is 3.67. The first-order valence-corrected chi connectivity index (χ1v) is 8.68. The van der Waals surface area contributed by atoms with Crippen LogP contribution in [0.25, 0.3) is 0 Å². The number of methoxy groups -OCH3 is 1. The van der Waals surface area contributed by atoms with E-state index in [1.165, 1.54) is 11.8 Å². The smallest absolute Gasteiger partial charge is 0.211 e. The standard InChI is InChI=1S/C16H22N4O2S/c1-6-15-18-19-16(23-5)20(15)17-10-12-7-8-13(21-4)14(9-12)22-11(2)3/h7-11H,6H2,1-5H3/b17-10-. The van der Waals surface area contributed by atoms with Gasteiger partial charge in [0.2, 0.25) is 5.16 Å². The quantitative estimate of drug-likeness (QED) is 0.574. The van der Waals surface area contributed by atoms with Gasteiger partial charge < -0.3 is 9.47 Å². The molecule has 0 aliphatic rings. The van der Waals surface area contributed by atoms with Crippen molar-refractivity contribution in [3.63, 3.8) is 0 Å². The van der Waals surface area contributed by atoms with Crippen LogP contribution < -0.4 is 9.47 Å². The number of aromatic nitrogens is 3. The van der Waals surface area contributed by atoms with Crippen LogP contribution in [0, 0.1) is 0 Å². The Morgan fingerprint density at radius 2 is 2.09 bits per heavy atom. The zero-order valence-corrected chi connectivity index (χ0v) is 14.9. The summed E-state index contributed by atoms with van der Waals surface area (Å²) in [5, 5.41) is 13.5. The summed E-state index contributed by atoms with van der Waals surface area (Å²) < 4.78 is 12.9. The molecule has 2 aromatic rings. The molecule has 0 radical (unpaired) electrons. The lowest BCUT2D eigenvalue weighted by Crippen LogP contribution is -2.07. The van der Waals surface area contributed by atoms with Crippen LogP contribution in [0.1, 0.15) is 32.2 Å². The number of aryl methyl sites for hydroxylation is 1. The highest BCUT2D eigenvalue weighted by molar-refractivity contribution is 7.98. The number of thioether (sulfide) groups is 1. The summed E-state index contributed by atoms with van der Waals surface area (Å²) in [5.41, 5.74) is 0.921. The average Bonchev–Trinajstić information content (AvgIpc) is 2.94. The Morgan fingerprint density at radius 3 is 2.70 bits per heavy atom. The second-order valence-electron chi connectivity index (χ2n) is 5.09. The first-order chi connectivity index (χ1) is 11.1. The molecule has 1 heterocycles. The molecule has 0 bridgehead atoms. The third kappa shape index (κ3) is 4.25. The lowest BCUT2D eigenvalue weighted by molar-refractivity contribution is 0.230. The van der Waals surface area contributed by atoms with Gasteiger partial charge in [0.25, 0.3) is 0 Å². The molecule has 0 fully saturated rings. The fourth-order valence-corrected chi connectivity index (χ4v) is 2.45. The van der Waals surface area contributed by atoms with Crippen molar-refractivity contribution in [1.29, 1.82) is 0 Å². The van der Waals surface area contributed by atoms with E-state index in [2.05, 4.69) is 15.3 Å². The fourth-order valence-electron chi connectivity index (χ4n) is 2.00. The van der Waals surface area contributed by atoms with Crippen LogP contribution in [0.5, 0.6) is 11.5 Å². The van der Waals surface area contributed by atoms with Crippen LogP contribution in [0.4, 0.5) is 0 Å². The minimum Gasteiger partial charge on any atom is -0.493 e. The summed E-state index contributed by atoms with van der Waals surface area (Å²) in [7, 11) is 1.63. The van der Waals surface area contributed by atoms with Crippen molar-refractivity contribution in [2.45, 2.75) is 38.5 Å². The summed E-state index contributed by atoms with van der Waals surface area (Å²) in [6.07, 6.45) is 4.57. The van der Waals surface area contributed by atoms with Crippen molar-refractivity contribution < 1.29 is 9.47 Å². The number of rotatable bonds is 7. The van der Waals surface area contributed by atoms with E-state index in [-0.39, 0.29) is 6.10 Å². The van der Waals surface area contributed by atoms with E-state index in [0.29, 0.717) is 11.5 Å². The third-order valence-electron chi connectivity index (χ3n) is 3.05. The van der Waals surface area contributed by atoms with Crippen molar-refractivity contribution in [3.8, 4) is 11.5 Å². The first kappa shape index (κ1) is 17.3. The summed E-state index contributed by atoms with van der Waals surface area (Å²) >= 11 is 1.52. The molecule has 0 aliphatic heterocycles. The Bertz CT molecular complexity index is 661. The van der Waals surface area contributed by atoms with E-state index in [1.807, 2.05) is 45.2 Å². The van der Waals surface area contributed by atoms with Crippen LogP contribution in [0.3, 0.4) is 0 Å². The Morgan fingerprint density at radius 1 is 1.30 bits per heavy atom. The van der Waals surface area contributed by atoms with Crippen LogP contribution in [-0.4, -0.2) is 40.6 Å². The van der Waals surface area contributed by atoms with Gasteiger partial charge in [-0.05, 0) is 43.9 Å². The van der Waals surface area contributed by atoms with E-state index in [1.54, 1.807) is 18.0 Å². The van der Waals surface area contributed by atoms with E-state index in [4.69, 9.17) is 9.47 Å². The van der Waals surface area contributed by atoms with Crippen molar-refractivity contribution in [2.24, 2.45) is 5.10 Å². The van der Waals surface area contributed by atoms with Gasteiger partial charge in [-0.2, -0.15) is 9.78 Å². The molecule has 0 saturated carbocycles. The molecule has 7 heteroatoms. The van der Waals surface area contributed by atoms with Gasteiger partial charge in [0.15, 0.2) is 17.3 Å². The van der Waals surface area contributed by atoms with Gasteiger partial charge in [0.1, 0.15) is 0 Å². The summed E-state index contributed by atoms with van der Waals surface area (Å²) in [6.45, 7) is 5.99. The molecule has 0 amide bonds. The van der Waals surface area contributed by atoms with Crippen molar-refractivity contribution in [3.05, 3.63) is 29.6 Å². The van der Waals surface area contributed by atoms with Gasteiger partial charge in [0.05, 0.1) is 19.4 Å². The predicted octanol–water partition coefficient (Wildman–Crippen LogP) is 3.24. The highest BCUT2D eigenvalue weighted by Crippen LogP contribution is 2.28. The van der Waals surface area contributed by atoms with Gasteiger partial charge in [-0.3, -0.25) is 0 Å². The molecule has 6 nitrogen and oxygen atoms in total. The Kier molecular flexibility index (Phi) is 6.04. The molecule has 23 heavy (non-hydrogen) atoms. The molecule has 0 saturated heterocycles. The molecule has 0 unspecified atom stereocenters. The van der Waals surface area contributed by atoms with Crippen LogP contribution in [-0.2, 0) is 6.42 Å². The van der Waals surface area contributed by atoms with Crippen molar-refractivity contribution in [2.75, 3.05) is 13.4 Å². The lowest BCUT2D eigenvalue weighted by Gasteiger charge is -2.13. The SMILES string of the molecule is CCc1nnc(SC)n1/N=C\c1ccc(OC)c(OC(C)C)c1. The predicted molar refractivity (Wildman–Crippen MR) is 92.9 cm³/mol. The Balaban J connectivity index is 2.31. The molecule has 1 aromatic heterocycles. The van der Waals surface area contributed by atoms with Crippen LogP contribution in [0.15, 0.2) is 28.5 Å². The maximum absolute atomic E-state index is 5.78. The second kappa shape index (κ2) is 8.01. The summed E-state index contributed by atoms with van der Waals surface area (Å²) in [4.78, 5) is 0. The topological polar surface area (TPSA) is 61.5 Å². The molecule has 0 N–H and O–H groups in total. The molecule has 0 atom stereocenters. The van der Waals surface area contributed by atoms with Crippen molar-refractivity contribution >= 4 is 18.0 Å². The van der Waals surface area contributed by atoms with Gasteiger partial charge in [-0.15, -0.1) is 10.2 Å². The number of ether oxygens (including phenoxy) is 2. The maximum atomic E-state index is 5.78. The van der Waals surface area contributed by atoms with E-state index >= 15 is 0 Å². The normalized spacial score (nSPS) is 11.4. The zero-order chi connectivity index (χ0) is 16.8. The summed E-state index contributed by atoms with van der Waals surface area (Å²) in [6, 6.07) is 5.72. The number of nitrogens with zero attached hydrogens (tertiary/aromatic N) is 4. The van der Waals surface area contributed by atoms with Gasteiger partial charge in [-0.25, -0.2) is 0 Å². The van der Waals surface area contributed by atoms with Crippen molar-refractivity contribution in [1.82, 2.24) is 14.9 Å². The molecule has 1 aromatic carbocycles. The monoisotopic (exact) mass is 334 g/mol. The van der Waals surface area contributed by atoms with Gasteiger partial charge in [-0.1, -0.05) is 18.7 Å².